The predicted octanol–water partition coefficient (Wildman–Crippen LogP) is 4.80. The molecule has 1 heterocycles. The van der Waals surface area contributed by atoms with E-state index in [1.165, 1.54) is 0 Å². The third-order valence-corrected chi connectivity index (χ3v) is 3.82. The van der Waals surface area contributed by atoms with E-state index >= 15 is 0 Å². The number of aromatic amines is 1. The number of nitrogens with one attached hydrogen (secondary N) is 1. The van der Waals surface area contributed by atoms with Gasteiger partial charge >= 0.3 is 0 Å². The van der Waals surface area contributed by atoms with Crippen molar-refractivity contribution in [1.82, 2.24) is 4.98 Å². The van der Waals surface area contributed by atoms with Gasteiger partial charge in [-0.15, -0.1) is 0 Å². The Morgan fingerprint density at radius 1 is 1.14 bits per heavy atom. The number of aromatic hydroxyl groups is 1. The maximum atomic E-state index is 9.96. The molecule has 0 aliphatic rings. The third-order valence-electron chi connectivity index (χ3n) is 3.22. The molecular formula is C16H12Cl2N2O. The monoisotopic (exact) mass is 318 g/mol. The minimum Gasteiger partial charge on any atom is -0.494 e. The summed E-state index contributed by atoms with van der Waals surface area (Å²) in [5, 5.41) is 12.1. The SMILES string of the molecule is Oc1[nH]c2cc(Cl)ccc2c1C=NCc1ccccc1Cl. The molecule has 5 heteroatoms. The van der Waals surface area contributed by atoms with Crippen LogP contribution in [-0.2, 0) is 6.54 Å². The Hall–Kier alpha value is -1.97. The Bertz CT molecular complexity index is 824. The van der Waals surface area contributed by atoms with Crippen molar-refractivity contribution in [1.29, 1.82) is 0 Å². The molecule has 1 aromatic heterocycles. The highest BCUT2D eigenvalue weighted by molar-refractivity contribution is 6.31. The van der Waals surface area contributed by atoms with Crippen LogP contribution in [0.25, 0.3) is 10.9 Å². The molecule has 0 unspecified atom stereocenters. The average molecular weight is 319 g/mol. The number of nitrogens with zero attached hydrogens (tertiary/aromatic N) is 1. The van der Waals surface area contributed by atoms with E-state index in [2.05, 4.69) is 9.98 Å². The summed E-state index contributed by atoms with van der Waals surface area (Å²) in [6, 6.07) is 13.0. The standard InChI is InChI=1S/C16H12Cl2N2O/c17-11-5-6-12-13(16(21)20-15(12)7-11)9-19-8-10-3-1-2-4-14(10)18/h1-7,9,20-21H,8H2. The van der Waals surface area contributed by atoms with Crippen LogP contribution in [0.15, 0.2) is 47.5 Å². The first kappa shape index (κ1) is 14.0. The lowest BCUT2D eigenvalue weighted by Gasteiger charge is -1.99. The lowest BCUT2D eigenvalue weighted by Crippen LogP contribution is -1.85. The van der Waals surface area contributed by atoms with E-state index in [0.29, 0.717) is 22.2 Å². The van der Waals surface area contributed by atoms with Gasteiger partial charge in [-0.2, -0.15) is 0 Å². The van der Waals surface area contributed by atoms with Gasteiger partial charge < -0.3 is 10.1 Å². The molecule has 106 valence electrons. The molecule has 0 atom stereocenters. The van der Waals surface area contributed by atoms with Gasteiger partial charge in [0.1, 0.15) is 0 Å². The van der Waals surface area contributed by atoms with Crippen LogP contribution in [0, 0.1) is 0 Å². The fourth-order valence-electron chi connectivity index (χ4n) is 2.17. The molecule has 0 aliphatic heterocycles. The first-order chi connectivity index (χ1) is 10.1. The van der Waals surface area contributed by atoms with Gasteiger partial charge in [-0.25, -0.2) is 0 Å². The van der Waals surface area contributed by atoms with Crippen LogP contribution in [-0.4, -0.2) is 16.3 Å². The van der Waals surface area contributed by atoms with E-state index in [9.17, 15) is 5.11 Å². The zero-order valence-electron chi connectivity index (χ0n) is 11.0. The second-order valence-electron chi connectivity index (χ2n) is 4.64. The van der Waals surface area contributed by atoms with Gasteiger partial charge in [-0.05, 0) is 23.8 Å². The number of fused-ring (bicyclic) bond motifs is 1. The molecular weight excluding hydrogens is 307 g/mol. The number of H-pyrrole nitrogens is 1. The Kier molecular flexibility index (Phi) is 3.86. The van der Waals surface area contributed by atoms with E-state index in [4.69, 9.17) is 23.2 Å². The lowest BCUT2D eigenvalue weighted by molar-refractivity contribution is 0.457. The summed E-state index contributed by atoms with van der Waals surface area (Å²) in [5.74, 6) is 0.0789. The van der Waals surface area contributed by atoms with Gasteiger partial charge in [0.05, 0.1) is 17.6 Å². The van der Waals surface area contributed by atoms with Crippen molar-refractivity contribution in [3.05, 3.63) is 63.6 Å². The second kappa shape index (κ2) is 5.80. The molecule has 0 saturated heterocycles. The van der Waals surface area contributed by atoms with E-state index in [0.717, 1.165) is 16.5 Å². The first-order valence-electron chi connectivity index (χ1n) is 6.38. The van der Waals surface area contributed by atoms with Gasteiger partial charge in [0.25, 0.3) is 0 Å². The number of halogens is 2. The molecule has 3 nitrogen and oxygen atoms in total. The maximum absolute atomic E-state index is 9.96. The molecule has 21 heavy (non-hydrogen) atoms. The van der Waals surface area contributed by atoms with E-state index in [1.807, 2.05) is 30.3 Å². The maximum Gasteiger partial charge on any atom is 0.198 e. The zero-order chi connectivity index (χ0) is 14.8. The Balaban J connectivity index is 1.90. The molecule has 2 aromatic carbocycles. The average Bonchev–Trinajstić information content (AvgIpc) is 2.76. The fourth-order valence-corrected chi connectivity index (χ4v) is 2.54. The van der Waals surface area contributed by atoms with Crippen LogP contribution >= 0.6 is 23.2 Å². The smallest absolute Gasteiger partial charge is 0.198 e. The van der Waals surface area contributed by atoms with Crippen molar-refractivity contribution in [3.63, 3.8) is 0 Å². The van der Waals surface area contributed by atoms with Crippen molar-refractivity contribution < 1.29 is 5.11 Å². The summed E-state index contributed by atoms with van der Waals surface area (Å²) < 4.78 is 0. The molecule has 0 fully saturated rings. The summed E-state index contributed by atoms with van der Waals surface area (Å²) in [6.45, 7) is 0.458. The van der Waals surface area contributed by atoms with E-state index in [-0.39, 0.29) is 5.88 Å². The van der Waals surface area contributed by atoms with Crippen LogP contribution in [0.2, 0.25) is 10.0 Å². The third kappa shape index (κ3) is 2.89. The number of aromatic nitrogens is 1. The lowest BCUT2D eigenvalue weighted by atomic mass is 10.2. The van der Waals surface area contributed by atoms with Gasteiger partial charge in [0.2, 0.25) is 0 Å². The largest absolute Gasteiger partial charge is 0.494 e. The van der Waals surface area contributed by atoms with E-state index < -0.39 is 0 Å². The van der Waals surface area contributed by atoms with Crippen molar-refractivity contribution >= 4 is 40.3 Å². The van der Waals surface area contributed by atoms with Crippen molar-refractivity contribution in [2.24, 2.45) is 4.99 Å². The van der Waals surface area contributed by atoms with Crippen molar-refractivity contribution in [2.45, 2.75) is 6.54 Å². The summed E-state index contributed by atoms with van der Waals surface area (Å²) in [7, 11) is 0. The minimum atomic E-state index is 0.0789. The van der Waals surface area contributed by atoms with Gasteiger partial charge in [-0.1, -0.05) is 47.5 Å². The molecule has 0 spiro atoms. The quantitative estimate of drug-likeness (QED) is 0.669. The molecule has 2 N–H and O–H groups in total. The normalized spacial score (nSPS) is 11.5. The zero-order valence-corrected chi connectivity index (χ0v) is 12.5. The number of hydrogen-bond acceptors (Lipinski definition) is 2. The molecule has 0 bridgehead atoms. The highest BCUT2D eigenvalue weighted by Crippen LogP contribution is 2.28. The first-order valence-corrected chi connectivity index (χ1v) is 7.14. The predicted molar refractivity (Wildman–Crippen MR) is 87.7 cm³/mol. The number of rotatable bonds is 3. The number of aliphatic imine (C=N–C) groups is 1. The van der Waals surface area contributed by atoms with E-state index in [1.54, 1.807) is 18.3 Å². The summed E-state index contributed by atoms with van der Waals surface area (Å²) >= 11 is 12.0. The van der Waals surface area contributed by atoms with Crippen LogP contribution in [0.1, 0.15) is 11.1 Å². The number of hydrogen-bond donors (Lipinski definition) is 2. The summed E-state index contributed by atoms with van der Waals surface area (Å²) in [6.07, 6.45) is 1.64. The van der Waals surface area contributed by atoms with Crippen LogP contribution in [0.3, 0.4) is 0 Å². The Labute approximate surface area is 131 Å². The molecule has 0 amide bonds. The second-order valence-corrected chi connectivity index (χ2v) is 5.48. The molecule has 0 aliphatic carbocycles. The van der Waals surface area contributed by atoms with Gasteiger partial charge in [-0.3, -0.25) is 4.99 Å². The molecule has 0 radical (unpaired) electrons. The molecule has 3 rings (SSSR count). The van der Waals surface area contributed by atoms with Crippen molar-refractivity contribution in [3.8, 4) is 5.88 Å². The summed E-state index contributed by atoms with van der Waals surface area (Å²) in [5.41, 5.74) is 2.37. The Morgan fingerprint density at radius 3 is 2.76 bits per heavy atom. The number of benzene rings is 2. The minimum absolute atomic E-state index is 0.0789. The topological polar surface area (TPSA) is 48.4 Å². The van der Waals surface area contributed by atoms with Crippen molar-refractivity contribution in [2.75, 3.05) is 0 Å². The molecule has 0 saturated carbocycles. The highest BCUT2D eigenvalue weighted by atomic mass is 35.5. The van der Waals surface area contributed by atoms with Gasteiger partial charge in [0.15, 0.2) is 5.88 Å². The molecule has 3 aromatic rings. The highest BCUT2D eigenvalue weighted by Gasteiger charge is 2.08. The van der Waals surface area contributed by atoms with Crippen LogP contribution in [0.5, 0.6) is 5.88 Å². The van der Waals surface area contributed by atoms with Gasteiger partial charge in [0, 0.05) is 21.6 Å². The van der Waals surface area contributed by atoms with Crippen LogP contribution < -0.4 is 0 Å². The Morgan fingerprint density at radius 2 is 1.95 bits per heavy atom. The fraction of sp³-hybridized carbons (Fsp3) is 0.0625. The summed E-state index contributed by atoms with van der Waals surface area (Å²) in [4.78, 5) is 7.24. The van der Waals surface area contributed by atoms with Crippen LogP contribution in [0.4, 0.5) is 0 Å².